The molecule has 0 bridgehead atoms. The lowest BCUT2D eigenvalue weighted by atomic mass is 9.85. The van der Waals surface area contributed by atoms with Crippen LogP contribution in [0.2, 0.25) is 0 Å². The van der Waals surface area contributed by atoms with Gasteiger partial charge in [-0.05, 0) is 43.7 Å². The molecule has 30 heavy (non-hydrogen) atoms. The molecule has 2 aromatic rings. The molecule has 2 aliphatic rings. The van der Waals surface area contributed by atoms with E-state index < -0.39 is 9.84 Å². The number of aromatic nitrogens is 2. The average molecular weight is 428 g/mol. The molecule has 8 heteroatoms. The molecular weight excluding hydrogens is 402 g/mol. The predicted octanol–water partition coefficient (Wildman–Crippen LogP) is 3.60. The Kier molecular flexibility index (Phi) is 5.85. The van der Waals surface area contributed by atoms with Gasteiger partial charge in [-0.3, -0.25) is 4.79 Å². The zero-order valence-electron chi connectivity index (χ0n) is 16.8. The molecule has 158 valence electrons. The van der Waals surface area contributed by atoms with Gasteiger partial charge < -0.3 is 10.1 Å². The normalized spacial score (nSPS) is 18.0. The number of amides is 1. The maximum absolute atomic E-state index is 13.0. The summed E-state index contributed by atoms with van der Waals surface area (Å²) in [5, 5.41) is 4.07. The second kappa shape index (κ2) is 8.55. The maximum atomic E-state index is 13.0. The van der Waals surface area contributed by atoms with E-state index in [1.54, 1.807) is 18.2 Å². The first-order valence-corrected chi connectivity index (χ1v) is 12.1. The van der Waals surface area contributed by atoms with E-state index in [0.717, 1.165) is 43.8 Å². The van der Waals surface area contributed by atoms with Crippen LogP contribution in [0.1, 0.15) is 54.2 Å². The number of hydrogen-bond acceptors (Lipinski definition) is 6. The van der Waals surface area contributed by atoms with Gasteiger partial charge in [0.15, 0.2) is 9.84 Å². The molecule has 2 fully saturated rings. The molecule has 0 saturated heterocycles. The average Bonchev–Trinajstić information content (AvgIpc) is 3.49. The summed E-state index contributed by atoms with van der Waals surface area (Å²) >= 11 is 0. The molecule has 1 aromatic heterocycles. The fourth-order valence-corrected chi connectivity index (χ4v) is 3.77. The smallest absolute Gasteiger partial charge is 0.258 e. The molecule has 0 spiro atoms. The first kappa shape index (κ1) is 20.5. The van der Waals surface area contributed by atoms with Gasteiger partial charge in [0.05, 0.1) is 6.04 Å². The Bertz CT molecular complexity index is 1050. The van der Waals surface area contributed by atoms with Crippen molar-refractivity contribution in [1.82, 2.24) is 15.3 Å². The van der Waals surface area contributed by atoms with Crippen LogP contribution in [0.3, 0.4) is 0 Å². The van der Waals surface area contributed by atoms with Crippen LogP contribution in [-0.4, -0.2) is 36.6 Å². The van der Waals surface area contributed by atoms with Crippen LogP contribution in [0.15, 0.2) is 48.0 Å². The Morgan fingerprint density at radius 1 is 1.20 bits per heavy atom. The minimum absolute atomic E-state index is 0.220. The summed E-state index contributed by atoms with van der Waals surface area (Å²) in [5.41, 5.74) is 0.236. The number of carbonyl (C=O) groups excluding carboxylic acids is 1. The number of rotatable bonds is 8. The van der Waals surface area contributed by atoms with Gasteiger partial charge in [-0.15, -0.1) is 0 Å². The second-order valence-corrected chi connectivity index (χ2v) is 9.92. The zero-order chi connectivity index (χ0) is 21.1. The minimum atomic E-state index is -3.27. The lowest BCUT2D eigenvalue weighted by molar-refractivity contribution is 0.0937. The van der Waals surface area contributed by atoms with Crippen LogP contribution in [0.5, 0.6) is 11.6 Å². The molecular formula is C22H25N3O4S. The van der Waals surface area contributed by atoms with E-state index in [2.05, 4.69) is 15.3 Å². The summed E-state index contributed by atoms with van der Waals surface area (Å²) < 4.78 is 28.9. The molecule has 0 aliphatic heterocycles. The van der Waals surface area contributed by atoms with Gasteiger partial charge in [-0.2, -0.15) is 4.98 Å². The highest BCUT2D eigenvalue weighted by atomic mass is 32.2. The maximum Gasteiger partial charge on any atom is 0.258 e. The highest BCUT2D eigenvalue weighted by Gasteiger charge is 2.32. The van der Waals surface area contributed by atoms with Crippen LogP contribution >= 0.6 is 0 Å². The van der Waals surface area contributed by atoms with E-state index >= 15 is 0 Å². The molecule has 1 atom stereocenters. The first-order valence-electron chi connectivity index (χ1n) is 10.2. The van der Waals surface area contributed by atoms with Gasteiger partial charge >= 0.3 is 0 Å². The Hall–Kier alpha value is -2.74. The Morgan fingerprint density at radius 3 is 2.53 bits per heavy atom. The molecule has 1 aromatic carbocycles. The molecule has 4 rings (SSSR count). The first-order chi connectivity index (χ1) is 14.4. The topological polar surface area (TPSA) is 98.2 Å². The van der Waals surface area contributed by atoms with Crippen LogP contribution in [0.4, 0.5) is 0 Å². The van der Waals surface area contributed by atoms with Crippen molar-refractivity contribution >= 4 is 15.7 Å². The SMILES string of the molecule is CS(=O)(=O)/C=C/[C@@H](NC(=O)c1cnc(C2CCC2)nc1Oc1ccccc1)C1CC1. The largest absolute Gasteiger partial charge is 0.438 e. The molecule has 2 saturated carbocycles. The lowest BCUT2D eigenvalue weighted by Crippen LogP contribution is -2.35. The Morgan fingerprint density at radius 2 is 1.93 bits per heavy atom. The van der Waals surface area contributed by atoms with Gasteiger partial charge in [-0.1, -0.05) is 30.7 Å². The summed E-state index contributed by atoms with van der Waals surface area (Å²) in [7, 11) is -3.27. The van der Waals surface area contributed by atoms with Crippen LogP contribution in [-0.2, 0) is 9.84 Å². The van der Waals surface area contributed by atoms with Gasteiger partial charge in [-0.25, -0.2) is 13.4 Å². The molecule has 2 aliphatic carbocycles. The van der Waals surface area contributed by atoms with Crippen molar-refractivity contribution < 1.29 is 17.9 Å². The minimum Gasteiger partial charge on any atom is -0.438 e. The number of benzene rings is 1. The van der Waals surface area contributed by atoms with Crippen LogP contribution in [0, 0.1) is 5.92 Å². The molecule has 1 amide bonds. The number of ether oxygens (including phenoxy) is 1. The van der Waals surface area contributed by atoms with Crippen molar-refractivity contribution in [1.29, 1.82) is 0 Å². The van der Waals surface area contributed by atoms with Gasteiger partial charge in [0.1, 0.15) is 17.1 Å². The Balaban J connectivity index is 1.59. The molecule has 0 unspecified atom stereocenters. The van der Waals surface area contributed by atoms with E-state index in [9.17, 15) is 13.2 Å². The number of carbonyl (C=O) groups is 1. The highest BCUT2D eigenvalue weighted by molar-refractivity contribution is 7.93. The molecule has 1 N–H and O–H groups in total. The van der Waals surface area contributed by atoms with Crippen LogP contribution in [0.25, 0.3) is 0 Å². The number of nitrogens with one attached hydrogen (secondary N) is 1. The highest BCUT2D eigenvalue weighted by Crippen LogP contribution is 2.36. The fraction of sp³-hybridized carbons (Fsp3) is 0.409. The molecule has 1 heterocycles. The summed E-state index contributed by atoms with van der Waals surface area (Å²) in [4.78, 5) is 22.0. The predicted molar refractivity (Wildman–Crippen MR) is 113 cm³/mol. The monoisotopic (exact) mass is 427 g/mol. The van der Waals surface area contributed by atoms with Crippen molar-refractivity contribution in [2.24, 2.45) is 5.92 Å². The third-order valence-corrected chi connectivity index (χ3v) is 6.06. The van der Waals surface area contributed by atoms with E-state index in [0.29, 0.717) is 17.5 Å². The second-order valence-electron chi connectivity index (χ2n) is 7.98. The molecule has 0 radical (unpaired) electrons. The summed E-state index contributed by atoms with van der Waals surface area (Å²) in [6.45, 7) is 0. The van der Waals surface area contributed by atoms with Gasteiger partial charge in [0.25, 0.3) is 5.91 Å². The number of nitrogens with zero attached hydrogens (tertiary/aromatic N) is 2. The molecule has 7 nitrogen and oxygen atoms in total. The summed E-state index contributed by atoms with van der Waals surface area (Å²) in [6.07, 6.45) is 9.32. The van der Waals surface area contributed by atoms with Crippen molar-refractivity contribution in [3.8, 4) is 11.6 Å². The number of hydrogen-bond donors (Lipinski definition) is 1. The van der Waals surface area contributed by atoms with E-state index in [4.69, 9.17) is 4.74 Å². The third kappa shape index (κ3) is 5.24. The summed E-state index contributed by atoms with van der Waals surface area (Å²) in [6, 6.07) is 8.82. The summed E-state index contributed by atoms with van der Waals surface area (Å²) in [5.74, 6) is 1.66. The quantitative estimate of drug-likeness (QED) is 0.691. The fourth-order valence-electron chi connectivity index (χ4n) is 3.31. The zero-order valence-corrected chi connectivity index (χ0v) is 17.6. The standard InChI is InChI=1S/C22H25N3O4S/c1-30(27,28)13-12-19(15-10-11-15)24-21(26)18-14-23-20(16-6-5-7-16)25-22(18)29-17-8-3-2-4-9-17/h2-4,8-9,12-16,19H,5-7,10-11H2,1H3,(H,24,26)/b13-12+/t19-/m1/s1. The van der Waals surface area contributed by atoms with Crippen molar-refractivity contribution in [3.63, 3.8) is 0 Å². The van der Waals surface area contributed by atoms with E-state index in [1.807, 2.05) is 18.2 Å². The van der Waals surface area contributed by atoms with E-state index in [-0.39, 0.29) is 29.3 Å². The van der Waals surface area contributed by atoms with E-state index in [1.165, 1.54) is 6.20 Å². The van der Waals surface area contributed by atoms with Gasteiger partial charge in [0, 0.05) is 23.8 Å². The van der Waals surface area contributed by atoms with Crippen molar-refractivity contribution in [2.75, 3.05) is 6.26 Å². The number of sulfone groups is 1. The third-order valence-electron chi connectivity index (χ3n) is 5.41. The van der Waals surface area contributed by atoms with Gasteiger partial charge in [0.2, 0.25) is 5.88 Å². The number of para-hydroxylation sites is 1. The van der Waals surface area contributed by atoms with Crippen LogP contribution < -0.4 is 10.1 Å². The van der Waals surface area contributed by atoms with Crippen molar-refractivity contribution in [2.45, 2.75) is 44.1 Å². The Labute approximate surface area is 176 Å². The lowest BCUT2D eigenvalue weighted by Gasteiger charge is -2.24. The van der Waals surface area contributed by atoms with Crippen molar-refractivity contribution in [3.05, 3.63) is 59.4 Å².